The summed E-state index contributed by atoms with van der Waals surface area (Å²) in [4.78, 5) is 39.8. The molecule has 4 rings (SSSR count). The number of aliphatic imine (C=N–C) groups is 1. The van der Waals surface area contributed by atoms with E-state index >= 15 is 0 Å². The topological polar surface area (TPSA) is 133 Å². The van der Waals surface area contributed by atoms with Crippen LogP contribution in [0.4, 0.5) is 10.5 Å². The third-order valence-corrected chi connectivity index (χ3v) is 5.25. The standard InChI is InChI=1S/C22H20N4O5/c1-12-5-2-3-8-15(12)24-22(31)23-11-13-6-4-7-14-18(13)21(30)26(20(14)29)16-9-10-17(27)25-19(16)28/h2-8,11,16,29-30H,9-10H2,1H3,(H,24,31)(H,25,27,28). The van der Waals surface area contributed by atoms with Gasteiger partial charge in [0.25, 0.3) is 0 Å². The zero-order valence-electron chi connectivity index (χ0n) is 16.6. The summed E-state index contributed by atoms with van der Waals surface area (Å²) in [5.74, 6) is -1.65. The van der Waals surface area contributed by atoms with Gasteiger partial charge in [-0.3, -0.25) is 19.5 Å². The Labute approximate surface area is 177 Å². The molecule has 9 nitrogen and oxygen atoms in total. The summed E-state index contributed by atoms with van der Waals surface area (Å²) < 4.78 is 1.09. The average Bonchev–Trinajstić information content (AvgIpc) is 2.99. The minimum atomic E-state index is -0.931. The number of anilines is 1. The summed E-state index contributed by atoms with van der Waals surface area (Å²) in [6, 6.07) is 10.6. The summed E-state index contributed by atoms with van der Waals surface area (Å²) in [6.07, 6.45) is 1.52. The fourth-order valence-electron chi connectivity index (χ4n) is 3.68. The van der Waals surface area contributed by atoms with Gasteiger partial charge in [-0.1, -0.05) is 30.3 Å². The molecule has 1 saturated heterocycles. The molecule has 1 aromatic heterocycles. The molecule has 0 aliphatic carbocycles. The molecule has 9 heteroatoms. The lowest BCUT2D eigenvalue weighted by Crippen LogP contribution is -2.41. The Morgan fingerprint density at radius 2 is 1.94 bits per heavy atom. The molecular formula is C22H20N4O5. The van der Waals surface area contributed by atoms with Crippen molar-refractivity contribution >= 4 is 40.5 Å². The van der Waals surface area contributed by atoms with Gasteiger partial charge in [0.2, 0.25) is 23.6 Å². The van der Waals surface area contributed by atoms with Gasteiger partial charge in [0, 0.05) is 29.3 Å². The number of nitrogens with one attached hydrogen (secondary N) is 2. The molecule has 1 atom stereocenters. The van der Waals surface area contributed by atoms with Crippen molar-refractivity contribution in [3.8, 4) is 11.8 Å². The number of amides is 4. The van der Waals surface area contributed by atoms with E-state index < -0.39 is 23.9 Å². The molecule has 4 amide bonds. The molecule has 3 aromatic rings. The average molecular weight is 420 g/mol. The van der Waals surface area contributed by atoms with Crippen LogP contribution < -0.4 is 10.6 Å². The lowest BCUT2D eigenvalue weighted by molar-refractivity contribution is -0.135. The number of benzene rings is 2. The van der Waals surface area contributed by atoms with Crippen LogP contribution in [0.15, 0.2) is 47.5 Å². The fourth-order valence-corrected chi connectivity index (χ4v) is 3.68. The molecule has 4 N–H and O–H groups in total. The number of hydrogen-bond acceptors (Lipinski definition) is 5. The first kappa shape index (κ1) is 20.1. The second-order valence-corrected chi connectivity index (χ2v) is 7.26. The summed E-state index contributed by atoms with van der Waals surface area (Å²) in [7, 11) is 0. The Balaban J connectivity index is 1.67. The van der Waals surface area contributed by atoms with Crippen LogP contribution in [0.25, 0.3) is 10.8 Å². The predicted octanol–water partition coefficient (Wildman–Crippen LogP) is 2.99. The van der Waals surface area contributed by atoms with Crippen LogP contribution in [0.2, 0.25) is 0 Å². The van der Waals surface area contributed by atoms with E-state index in [0.717, 1.165) is 10.1 Å². The maximum absolute atomic E-state index is 12.2. The number of carbonyl (C=O) groups excluding carboxylic acids is 3. The van der Waals surface area contributed by atoms with Crippen molar-refractivity contribution in [3.63, 3.8) is 0 Å². The highest BCUT2D eigenvalue weighted by molar-refractivity contribution is 6.09. The van der Waals surface area contributed by atoms with Gasteiger partial charge in [-0.2, -0.15) is 0 Å². The van der Waals surface area contributed by atoms with Gasteiger partial charge in [0.15, 0.2) is 0 Å². The van der Waals surface area contributed by atoms with Crippen molar-refractivity contribution in [1.29, 1.82) is 0 Å². The molecule has 2 heterocycles. The van der Waals surface area contributed by atoms with Crippen LogP contribution in [0.3, 0.4) is 0 Å². The molecule has 158 valence electrons. The number of piperidine rings is 1. The molecular weight excluding hydrogens is 400 g/mol. The van der Waals surface area contributed by atoms with Crippen molar-refractivity contribution < 1.29 is 24.6 Å². The van der Waals surface area contributed by atoms with Gasteiger partial charge < -0.3 is 15.5 Å². The van der Waals surface area contributed by atoms with Crippen molar-refractivity contribution in [2.75, 3.05) is 5.32 Å². The number of fused-ring (bicyclic) bond motifs is 1. The largest absolute Gasteiger partial charge is 0.494 e. The molecule has 1 aliphatic heterocycles. The van der Waals surface area contributed by atoms with Crippen LogP contribution in [0.1, 0.15) is 30.0 Å². The lowest BCUT2D eigenvalue weighted by atomic mass is 10.1. The van der Waals surface area contributed by atoms with Gasteiger partial charge in [-0.25, -0.2) is 9.79 Å². The van der Waals surface area contributed by atoms with E-state index in [1.807, 2.05) is 19.1 Å². The van der Waals surface area contributed by atoms with E-state index in [1.54, 1.807) is 30.3 Å². The minimum absolute atomic E-state index is 0.0944. The van der Waals surface area contributed by atoms with Crippen molar-refractivity contribution in [2.24, 2.45) is 4.99 Å². The monoisotopic (exact) mass is 420 g/mol. The number of rotatable bonds is 3. The molecule has 2 aromatic carbocycles. The van der Waals surface area contributed by atoms with Crippen LogP contribution in [0.5, 0.6) is 11.8 Å². The number of urea groups is 1. The van der Waals surface area contributed by atoms with Gasteiger partial charge in [0.05, 0.1) is 5.39 Å². The molecule has 0 saturated carbocycles. The Kier molecular flexibility index (Phi) is 5.16. The van der Waals surface area contributed by atoms with Crippen LogP contribution >= 0.6 is 0 Å². The number of carbonyl (C=O) groups is 3. The number of para-hydroxylation sites is 1. The Morgan fingerprint density at radius 3 is 2.68 bits per heavy atom. The highest BCUT2D eigenvalue weighted by atomic mass is 16.3. The van der Waals surface area contributed by atoms with Crippen molar-refractivity contribution in [1.82, 2.24) is 9.88 Å². The van der Waals surface area contributed by atoms with E-state index in [9.17, 15) is 24.6 Å². The molecule has 1 aliphatic rings. The maximum Gasteiger partial charge on any atom is 0.345 e. The summed E-state index contributed by atoms with van der Waals surface area (Å²) >= 11 is 0. The fraction of sp³-hybridized carbons (Fsp3) is 0.182. The van der Waals surface area contributed by atoms with Gasteiger partial charge in [-0.05, 0) is 31.0 Å². The lowest BCUT2D eigenvalue weighted by Gasteiger charge is -2.23. The highest BCUT2D eigenvalue weighted by Gasteiger charge is 2.33. The summed E-state index contributed by atoms with van der Waals surface area (Å²) in [5.41, 5.74) is 1.90. The maximum atomic E-state index is 12.2. The first-order valence-electron chi connectivity index (χ1n) is 9.66. The smallest absolute Gasteiger partial charge is 0.345 e. The number of aromatic nitrogens is 1. The van der Waals surface area contributed by atoms with E-state index in [-0.39, 0.29) is 30.0 Å². The Morgan fingerprint density at radius 1 is 1.16 bits per heavy atom. The number of imide groups is 1. The first-order valence-corrected chi connectivity index (χ1v) is 9.66. The number of aromatic hydroxyl groups is 2. The minimum Gasteiger partial charge on any atom is -0.494 e. The normalized spacial score (nSPS) is 16.6. The van der Waals surface area contributed by atoms with Gasteiger partial charge in [-0.15, -0.1) is 0 Å². The van der Waals surface area contributed by atoms with E-state index in [4.69, 9.17) is 0 Å². The van der Waals surface area contributed by atoms with Gasteiger partial charge in [0.1, 0.15) is 6.04 Å². The van der Waals surface area contributed by atoms with Crippen LogP contribution in [0, 0.1) is 6.92 Å². The van der Waals surface area contributed by atoms with E-state index in [0.29, 0.717) is 16.6 Å². The summed E-state index contributed by atoms with van der Waals surface area (Å²) in [5, 5.41) is 26.9. The third-order valence-electron chi connectivity index (χ3n) is 5.25. The van der Waals surface area contributed by atoms with Crippen LogP contribution in [-0.4, -0.2) is 38.8 Å². The number of hydrogen-bond donors (Lipinski definition) is 4. The second kappa shape index (κ2) is 7.94. The van der Waals surface area contributed by atoms with E-state index in [1.165, 1.54) is 6.21 Å². The molecule has 1 fully saturated rings. The van der Waals surface area contributed by atoms with Crippen LogP contribution in [-0.2, 0) is 9.59 Å². The molecule has 0 spiro atoms. The Bertz CT molecular complexity index is 1240. The highest BCUT2D eigenvalue weighted by Crippen LogP contribution is 2.41. The SMILES string of the molecule is Cc1ccccc1NC(=O)N=Cc1cccc2c(O)n(C3CCC(=O)NC3=O)c(O)c12. The summed E-state index contributed by atoms with van der Waals surface area (Å²) in [6.45, 7) is 1.86. The third kappa shape index (κ3) is 3.73. The second-order valence-electron chi connectivity index (χ2n) is 7.26. The molecule has 1 unspecified atom stereocenters. The quantitative estimate of drug-likeness (QED) is 0.382. The van der Waals surface area contributed by atoms with Crippen molar-refractivity contribution in [2.45, 2.75) is 25.8 Å². The molecule has 0 bridgehead atoms. The van der Waals surface area contributed by atoms with Crippen molar-refractivity contribution in [3.05, 3.63) is 53.6 Å². The van der Waals surface area contributed by atoms with Gasteiger partial charge >= 0.3 is 6.03 Å². The number of nitrogens with zero attached hydrogens (tertiary/aromatic N) is 2. The Hall–Kier alpha value is -4.14. The zero-order valence-corrected chi connectivity index (χ0v) is 16.6. The first-order chi connectivity index (χ1) is 14.9. The zero-order chi connectivity index (χ0) is 22.1. The molecule has 31 heavy (non-hydrogen) atoms. The van der Waals surface area contributed by atoms with E-state index in [2.05, 4.69) is 15.6 Å². The predicted molar refractivity (Wildman–Crippen MR) is 114 cm³/mol. The molecule has 0 radical (unpaired) electrons. The number of aryl methyl sites for hydroxylation is 1.